The maximum absolute atomic E-state index is 11.2. The molecule has 1 N–H and O–H groups in total. The monoisotopic (exact) mass is 278 g/mol. The third kappa shape index (κ3) is 2.33. The normalized spacial score (nSPS) is 27.7. The molecule has 110 valence electrons. The number of hydrogen-bond donors (Lipinski definition) is 1. The van der Waals surface area contributed by atoms with Gasteiger partial charge in [-0.15, -0.1) is 0 Å². The molecule has 2 unspecified atom stereocenters. The molecular formula is C14H22N4O2. The van der Waals surface area contributed by atoms with Gasteiger partial charge in [-0.2, -0.15) is 5.10 Å². The Morgan fingerprint density at radius 1 is 1.35 bits per heavy atom. The first-order chi connectivity index (χ1) is 9.56. The van der Waals surface area contributed by atoms with Crippen LogP contribution >= 0.6 is 0 Å². The van der Waals surface area contributed by atoms with E-state index in [0.29, 0.717) is 24.2 Å². The predicted molar refractivity (Wildman–Crippen MR) is 74.6 cm³/mol. The number of hydrogen-bond acceptors (Lipinski definition) is 4. The highest BCUT2D eigenvalue weighted by molar-refractivity contribution is 5.88. The molecule has 2 fully saturated rings. The zero-order valence-electron chi connectivity index (χ0n) is 12.1. The van der Waals surface area contributed by atoms with Crippen LogP contribution in [0.2, 0.25) is 0 Å². The van der Waals surface area contributed by atoms with Crippen molar-refractivity contribution >= 4 is 5.97 Å². The lowest BCUT2D eigenvalue weighted by Gasteiger charge is -2.25. The molecular weight excluding hydrogens is 256 g/mol. The second-order valence-electron chi connectivity index (χ2n) is 6.01. The second kappa shape index (κ2) is 5.18. The van der Waals surface area contributed by atoms with Crippen LogP contribution in [0.3, 0.4) is 0 Å². The van der Waals surface area contributed by atoms with Gasteiger partial charge in [0.1, 0.15) is 5.56 Å². The van der Waals surface area contributed by atoms with Crippen molar-refractivity contribution in [3.63, 3.8) is 0 Å². The Morgan fingerprint density at radius 3 is 2.85 bits per heavy atom. The lowest BCUT2D eigenvalue weighted by Crippen LogP contribution is -2.36. The van der Waals surface area contributed by atoms with Crippen LogP contribution in [0.4, 0.5) is 0 Å². The first-order valence-electron chi connectivity index (χ1n) is 7.24. The number of fused-ring (bicyclic) bond motifs is 2. The van der Waals surface area contributed by atoms with Crippen LogP contribution in [0.25, 0.3) is 0 Å². The Kier molecular flexibility index (Phi) is 3.52. The van der Waals surface area contributed by atoms with E-state index in [4.69, 9.17) is 0 Å². The van der Waals surface area contributed by atoms with Crippen molar-refractivity contribution < 1.29 is 9.90 Å². The smallest absolute Gasteiger partial charge is 0.339 e. The van der Waals surface area contributed by atoms with Crippen molar-refractivity contribution in [3.05, 3.63) is 17.5 Å². The van der Waals surface area contributed by atoms with E-state index in [0.717, 1.165) is 18.8 Å². The molecule has 1 aromatic rings. The van der Waals surface area contributed by atoms with Crippen LogP contribution in [0, 0.1) is 0 Å². The third-order valence-corrected chi connectivity index (χ3v) is 4.90. The molecule has 2 aliphatic rings. The Labute approximate surface area is 119 Å². The Hall–Kier alpha value is -1.40. The number of carboxylic acid groups (broad SMARTS) is 1. The minimum absolute atomic E-state index is 0.329. The highest BCUT2D eigenvalue weighted by Gasteiger charge is 2.35. The number of aromatic carboxylic acids is 1. The van der Waals surface area contributed by atoms with Gasteiger partial charge in [0.05, 0.1) is 11.9 Å². The molecule has 2 bridgehead atoms. The SMILES string of the molecule is CN1C2CCC1CN(Cc1c(C(=O)O)cnn1C)CC2. The van der Waals surface area contributed by atoms with E-state index >= 15 is 0 Å². The summed E-state index contributed by atoms with van der Waals surface area (Å²) in [5.41, 5.74) is 1.13. The summed E-state index contributed by atoms with van der Waals surface area (Å²) in [5, 5.41) is 13.3. The zero-order valence-corrected chi connectivity index (χ0v) is 12.1. The summed E-state index contributed by atoms with van der Waals surface area (Å²) in [6.45, 7) is 2.74. The number of nitrogens with zero attached hydrogens (tertiary/aromatic N) is 4. The van der Waals surface area contributed by atoms with E-state index in [-0.39, 0.29) is 0 Å². The fourth-order valence-corrected chi connectivity index (χ4v) is 3.56. The molecule has 3 rings (SSSR count). The van der Waals surface area contributed by atoms with E-state index < -0.39 is 5.97 Å². The summed E-state index contributed by atoms with van der Waals surface area (Å²) in [4.78, 5) is 16.1. The fraction of sp³-hybridized carbons (Fsp3) is 0.714. The highest BCUT2D eigenvalue weighted by atomic mass is 16.4. The topological polar surface area (TPSA) is 61.6 Å². The molecule has 2 atom stereocenters. The first-order valence-corrected chi connectivity index (χ1v) is 7.24. The second-order valence-corrected chi connectivity index (χ2v) is 6.01. The lowest BCUT2D eigenvalue weighted by molar-refractivity contribution is 0.0694. The quantitative estimate of drug-likeness (QED) is 0.885. The molecule has 6 nitrogen and oxygen atoms in total. The average Bonchev–Trinajstić information content (AvgIpc) is 2.85. The van der Waals surface area contributed by atoms with E-state index in [1.54, 1.807) is 4.68 Å². The number of aryl methyl sites for hydroxylation is 1. The molecule has 0 radical (unpaired) electrons. The Morgan fingerprint density at radius 2 is 2.10 bits per heavy atom. The molecule has 0 aliphatic carbocycles. The van der Waals surface area contributed by atoms with Gasteiger partial charge in [-0.05, 0) is 26.3 Å². The van der Waals surface area contributed by atoms with E-state index in [1.807, 2.05) is 7.05 Å². The van der Waals surface area contributed by atoms with Gasteiger partial charge in [0, 0.05) is 38.8 Å². The Bertz CT molecular complexity index is 513. The van der Waals surface area contributed by atoms with Crippen LogP contribution in [0.5, 0.6) is 0 Å². The summed E-state index contributed by atoms with van der Waals surface area (Å²) < 4.78 is 1.69. The van der Waals surface area contributed by atoms with Gasteiger partial charge >= 0.3 is 5.97 Å². The van der Waals surface area contributed by atoms with Gasteiger partial charge in [0.15, 0.2) is 0 Å². The minimum atomic E-state index is -0.887. The van der Waals surface area contributed by atoms with Crippen molar-refractivity contribution in [2.24, 2.45) is 7.05 Å². The molecule has 6 heteroatoms. The summed E-state index contributed by atoms with van der Waals surface area (Å²) in [6.07, 6.45) is 5.19. The molecule has 3 heterocycles. The van der Waals surface area contributed by atoms with Gasteiger partial charge in [-0.25, -0.2) is 4.79 Å². The number of carbonyl (C=O) groups is 1. The maximum Gasteiger partial charge on any atom is 0.339 e. The Balaban J connectivity index is 1.75. The van der Waals surface area contributed by atoms with E-state index in [9.17, 15) is 9.90 Å². The van der Waals surface area contributed by atoms with E-state index in [2.05, 4.69) is 21.9 Å². The van der Waals surface area contributed by atoms with Gasteiger partial charge < -0.3 is 5.11 Å². The van der Waals surface area contributed by atoms with Crippen molar-refractivity contribution in [1.82, 2.24) is 19.6 Å². The first kappa shape index (κ1) is 13.6. The number of likely N-dealkylation sites (N-methyl/N-ethyl adjacent to an activating group) is 1. The number of likely N-dealkylation sites (tertiary alicyclic amines) is 1. The van der Waals surface area contributed by atoms with Crippen LogP contribution in [-0.4, -0.2) is 62.9 Å². The summed E-state index contributed by atoms with van der Waals surface area (Å²) >= 11 is 0. The van der Waals surface area contributed by atoms with Gasteiger partial charge in [0.25, 0.3) is 0 Å². The summed E-state index contributed by atoms with van der Waals surface area (Å²) in [6, 6.07) is 1.32. The molecule has 0 spiro atoms. The molecule has 1 aromatic heterocycles. The molecule has 0 amide bonds. The fourth-order valence-electron chi connectivity index (χ4n) is 3.56. The average molecular weight is 278 g/mol. The number of rotatable bonds is 3. The van der Waals surface area contributed by atoms with Crippen LogP contribution in [-0.2, 0) is 13.6 Å². The van der Waals surface area contributed by atoms with Crippen molar-refractivity contribution in [2.75, 3.05) is 20.1 Å². The molecule has 20 heavy (non-hydrogen) atoms. The van der Waals surface area contributed by atoms with Gasteiger partial charge in [-0.1, -0.05) is 0 Å². The lowest BCUT2D eigenvalue weighted by atomic mass is 10.1. The van der Waals surface area contributed by atoms with Crippen LogP contribution in [0.15, 0.2) is 6.20 Å². The predicted octanol–water partition coefficient (Wildman–Crippen LogP) is 0.787. The molecule has 0 saturated carbocycles. The number of aromatic nitrogens is 2. The van der Waals surface area contributed by atoms with Gasteiger partial charge in [-0.3, -0.25) is 14.5 Å². The summed E-state index contributed by atoms with van der Waals surface area (Å²) in [5.74, 6) is -0.887. The molecule has 2 aliphatic heterocycles. The zero-order chi connectivity index (χ0) is 14.3. The highest BCUT2D eigenvalue weighted by Crippen LogP contribution is 2.29. The standard InChI is InChI=1S/C14H22N4O2/c1-16-10-3-4-11(16)8-18(6-5-10)9-13-12(14(19)20)7-15-17(13)2/h7,10-11H,3-6,8-9H2,1-2H3,(H,19,20). The maximum atomic E-state index is 11.2. The minimum Gasteiger partial charge on any atom is -0.478 e. The van der Waals surface area contributed by atoms with Gasteiger partial charge in [0.2, 0.25) is 0 Å². The van der Waals surface area contributed by atoms with Crippen molar-refractivity contribution in [1.29, 1.82) is 0 Å². The van der Waals surface area contributed by atoms with E-state index in [1.165, 1.54) is 25.5 Å². The van der Waals surface area contributed by atoms with Crippen LogP contribution in [0.1, 0.15) is 35.3 Å². The largest absolute Gasteiger partial charge is 0.478 e. The van der Waals surface area contributed by atoms with Crippen molar-refractivity contribution in [3.8, 4) is 0 Å². The molecule has 0 aromatic carbocycles. The summed E-state index contributed by atoms with van der Waals surface area (Å²) in [7, 11) is 4.04. The van der Waals surface area contributed by atoms with Crippen molar-refractivity contribution in [2.45, 2.75) is 37.9 Å². The number of carboxylic acids is 1. The third-order valence-electron chi connectivity index (χ3n) is 4.90. The van der Waals surface area contributed by atoms with Crippen LogP contribution < -0.4 is 0 Å². The molecule has 2 saturated heterocycles.